The van der Waals surface area contributed by atoms with Gasteiger partial charge in [0.25, 0.3) is 5.91 Å². The van der Waals surface area contributed by atoms with Crippen molar-refractivity contribution in [3.8, 4) is 35.0 Å². The van der Waals surface area contributed by atoms with Crippen LogP contribution in [0, 0.1) is 12.0 Å². The Bertz CT molecular complexity index is 2460. The van der Waals surface area contributed by atoms with Crippen LogP contribution in [0.25, 0.3) is 21.7 Å². The lowest BCUT2D eigenvalue weighted by Gasteiger charge is -2.41. The number of hydrogen-bond donors (Lipinski definition) is 5. The van der Waals surface area contributed by atoms with Gasteiger partial charge in [-0.3, -0.25) is 9.59 Å². The van der Waals surface area contributed by atoms with Crippen LogP contribution >= 0.6 is 0 Å². The summed E-state index contributed by atoms with van der Waals surface area (Å²) in [6.45, 7) is -0.179. The van der Waals surface area contributed by atoms with Crippen molar-refractivity contribution in [3.63, 3.8) is 0 Å². The van der Waals surface area contributed by atoms with Crippen molar-refractivity contribution < 1.29 is 53.7 Å². The molecule has 1 aliphatic carbocycles. The number of methoxy groups -OCH3 is 1. The van der Waals surface area contributed by atoms with E-state index in [2.05, 4.69) is 17.0 Å². The lowest BCUT2D eigenvalue weighted by atomic mass is 9.87. The lowest BCUT2D eigenvalue weighted by Crippen LogP contribution is -2.60. The number of hydrogen-bond acceptors (Lipinski definition) is 11. The summed E-state index contributed by atoms with van der Waals surface area (Å²) in [7, 11) is 1.49. The number of aliphatic hydroxyl groups excluding tert-OH is 2. The number of phenolic OH excluding ortho intramolecular Hbond substituents is 2. The van der Waals surface area contributed by atoms with Gasteiger partial charge in [0.05, 0.1) is 37.8 Å². The average molecular weight is 775 g/mol. The maximum absolute atomic E-state index is 14.5. The van der Waals surface area contributed by atoms with Crippen molar-refractivity contribution in [2.24, 2.45) is 0 Å². The molecular formula is C44H42N2O11. The second-order valence-corrected chi connectivity index (χ2v) is 15.1. The van der Waals surface area contributed by atoms with E-state index in [1.165, 1.54) is 18.1 Å². The number of aromatic hydroxyl groups is 2. The Kier molecular flexibility index (Phi) is 9.66. The van der Waals surface area contributed by atoms with Crippen LogP contribution < -0.4 is 9.47 Å². The van der Waals surface area contributed by atoms with E-state index < -0.39 is 36.5 Å². The van der Waals surface area contributed by atoms with Crippen LogP contribution in [-0.4, -0.2) is 93.0 Å². The molecule has 4 heterocycles. The van der Waals surface area contributed by atoms with E-state index in [4.69, 9.17) is 23.7 Å². The van der Waals surface area contributed by atoms with Crippen LogP contribution in [0.3, 0.4) is 0 Å². The zero-order valence-corrected chi connectivity index (χ0v) is 31.2. The molecule has 0 radical (unpaired) electrons. The first-order valence-electron chi connectivity index (χ1n) is 19.2. The maximum Gasteiger partial charge on any atom is 0.254 e. The highest BCUT2D eigenvalue weighted by atomic mass is 16.7. The molecule has 5 N–H and O–H groups in total. The second-order valence-electron chi connectivity index (χ2n) is 15.1. The van der Waals surface area contributed by atoms with Gasteiger partial charge in [-0.15, -0.1) is 0 Å². The number of nitrogens with one attached hydrogen (secondary N) is 1. The molecule has 9 rings (SSSR count). The van der Waals surface area contributed by atoms with E-state index >= 15 is 0 Å². The summed E-state index contributed by atoms with van der Waals surface area (Å²) in [4.78, 5) is 32.7. The number of aromatic nitrogens is 1. The van der Waals surface area contributed by atoms with Gasteiger partial charge in [0.15, 0.2) is 18.0 Å². The van der Waals surface area contributed by atoms with E-state index in [0.29, 0.717) is 33.2 Å². The molecule has 13 nitrogen and oxygen atoms in total. The Balaban J connectivity index is 1.12. The number of aliphatic hydroxyl groups is 2. The number of aromatic amines is 1. The Morgan fingerprint density at radius 2 is 1.81 bits per heavy atom. The number of nitrogens with zero attached hydrogens (tertiary/aromatic N) is 1. The number of ketones is 1. The monoisotopic (exact) mass is 774 g/mol. The number of carbonyl (C=O) groups excluding carboxylic acids is 2. The van der Waals surface area contributed by atoms with Crippen molar-refractivity contribution in [1.82, 2.24) is 9.88 Å². The molecule has 1 amide bonds. The third kappa shape index (κ3) is 6.58. The molecule has 4 aliphatic rings. The predicted molar refractivity (Wildman–Crippen MR) is 206 cm³/mol. The highest BCUT2D eigenvalue weighted by molar-refractivity contribution is 6.11. The van der Waals surface area contributed by atoms with E-state index in [0.717, 1.165) is 42.3 Å². The first-order chi connectivity index (χ1) is 27.7. The number of Topliss-reactive ketones (excluding diaryl/α,β-unsaturated/α-hetero) is 1. The van der Waals surface area contributed by atoms with Crippen molar-refractivity contribution in [2.75, 3.05) is 20.3 Å². The lowest BCUT2D eigenvalue weighted by molar-refractivity contribution is -0.279. The molecule has 0 spiro atoms. The Hall–Kier alpha value is -5.78. The summed E-state index contributed by atoms with van der Waals surface area (Å²) in [6.07, 6.45) is 1.27. The summed E-state index contributed by atoms with van der Waals surface area (Å²) in [5, 5.41) is 47.3. The van der Waals surface area contributed by atoms with Gasteiger partial charge in [0.2, 0.25) is 6.29 Å². The van der Waals surface area contributed by atoms with Gasteiger partial charge in [-0.25, -0.2) is 0 Å². The topological polar surface area (TPSA) is 180 Å². The van der Waals surface area contributed by atoms with Crippen LogP contribution in [0.4, 0.5) is 0 Å². The first kappa shape index (κ1) is 36.8. The third-order valence-electron chi connectivity index (χ3n) is 11.7. The van der Waals surface area contributed by atoms with E-state index in [1.807, 2.05) is 18.2 Å². The zero-order chi connectivity index (χ0) is 39.4. The molecule has 1 aromatic heterocycles. The van der Waals surface area contributed by atoms with Gasteiger partial charge in [0, 0.05) is 47.3 Å². The number of amides is 1. The first-order valence-corrected chi connectivity index (χ1v) is 19.2. The third-order valence-corrected chi connectivity index (χ3v) is 11.7. The Morgan fingerprint density at radius 3 is 2.63 bits per heavy atom. The van der Waals surface area contributed by atoms with Gasteiger partial charge in [0.1, 0.15) is 41.3 Å². The van der Waals surface area contributed by atoms with Gasteiger partial charge < -0.3 is 54.0 Å². The Morgan fingerprint density at radius 1 is 0.982 bits per heavy atom. The molecule has 4 aromatic carbocycles. The fourth-order valence-corrected chi connectivity index (χ4v) is 8.82. The van der Waals surface area contributed by atoms with Crippen molar-refractivity contribution in [1.29, 1.82) is 0 Å². The zero-order valence-electron chi connectivity index (χ0n) is 31.2. The summed E-state index contributed by atoms with van der Waals surface area (Å²) >= 11 is 0. The van der Waals surface area contributed by atoms with Crippen LogP contribution in [0.5, 0.6) is 23.0 Å². The average Bonchev–Trinajstić information content (AvgIpc) is 3.96. The molecule has 5 atom stereocenters. The normalized spacial score (nSPS) is 23.6. The number of rotatable bonds is 6. The van der Waals surface area contributed by atoms with Gasteiger partial charge in [-0.2, -0.15) is 0 Å². The van der Waals surface area contributed by atoms with Gasteiger partial charge >= 0.3 is 0 Å². The minimum absolute atomic E-state index is 0.0150. The number of fused-ring (bicyclic) bond motifs is 5. The largest absolute Gasteiger partial charge is 0.507 e. The highest BCUT2D eigenvalue weighted by Gasteiger charge is 2.48. The quantitative estimate of drug-likeness (QED) is 0.144. The number of carbonyl (C=O) groups is 2. The van der Waals surface area contributed by atoms with E-state index in [-0.39, 0.29) is 72.7 Å². The van der Waals surface area contributed by atoms with E-state index in [1.54, 1.807) is 36.5 Å². The summed E-state index contributed by atoms with van der Waals surface area (Å²) in [5.41, 5.74) is 4.24. The molecule has 57 heavy (non-hydrogen) atoms. The minimum atomic E-state index is -1.59. The number of benzene rings is 4. The molecule has 1 saturated heterocycles. The predicted octanol–water partition coefficient (Wildman–Crippen LogP) is 5.18. The molecule has 5 unspecified atom stereocenters. The van der Waals surface area contributed by atoms with Crippen molar-refractivity contribution >= 4 is 33.4 Å². The van der Waals surface area contributed by atoms with Gasteiger partial charge in [-0.1, -0.05) is 37.0 Å². The molecule has 294 valence electrons. The number of H-pyrrole nitrogens is 1. The van der Waals surface area contributed by atoms with Crippen LogP contribution in [-0.2, 0) is 33.8 Å². The van der Waals surface area contributed by atoms with Gasteiger partial charge in [-0.05, 0) is 71.2 Å². The molecule has 3 aliphatic heterocycles. The van der Waals surface area contributed by atoms with Crippen molar-refractivity contribution in [3.05, 3.63) is 94.2 Å². The minimum Gasteiger partial charge on any atom is -0.507 e. The van der Waals surface area contributed by atoms with Crippen LogP contribution in [0.15, 0.2) is 60.8 Å². The SMILES string of the molecule is COc1cc2c3c(O)c(c(C4CCCC4)cc3c1)C(=O)CN1Cc3c(cccc3C1=O)CC#COC1C(O)C(COCc3c[nH]c4cccc(O)c34)OC(O2)C1O. The molecular weight excluding hydrogens is 732 g/mol. The van der Waals surface area contributed by atoms with Crippen LogP contribution in [0.1, 0.15) is 74.6 Å². The maximum atomic E-state index is 14.5. The van der Waals surface area contributed by atoms with E-state index in [9.17, 15) is 30.0 Å². The molecule has 13 heteroatoms. The number of ether oxygens (including phenoxy) is 5. The Labute approximate surface area is 327 Å². The molecule has 6 bridgehead atoms. The summed E-state index contributed by atoms with van der Waals surface area (Å²) < 4.78 is 30.2. The second kappa shape index (κ2) is 14.9. The smallest absolute Gasteiger partial charge is 0.254 e. The summed E-state index contributed by atoms with van der Waals surface area (Å²) in [6, 6.07) is 15.6. The highest BCUT2D eigenvalue weighted by Crippen LogP contribution is 2.47. The fourth-order valence-electron chi connectivity index (χ4n) is 8.82. The molecule has 1 saturated carbocycles. The fraction of sp³-hybridized carbons (Fsp3) is 0.364. The number of phenols is 2. The molecule has 2 fully saturated rings. The summed E-state index contributed by atoms with van der Waals surface area (Å²) in [5.74, 6) is 2.49. The standard InChI is InChI=1S/C44H42N2O11/c1-53-27-15-25-16-29(23-7-2-3-8-23)38-33(48)20-46-19-30-24(9-4-11-28(30)43(46)52)10-6-14-55-42-39(49)35(57-44(41(42)51)56-34(17-27)37(25)40(38)50)22-54-21-26-18-45-31-12-5-13-32(47)36(26)31/h4-5,9,11-13,15-18,23,35,39,41-42,44-45,47,49-51H,2-3,7-8,10,19-22H2,1H3. The van der Waals surface area contributed by atoms with Crippen molar-refractivity contribution in [2.45, 2.75) is 81.9 Å². The van der Waals surface area contributed by atoms with Crippen LogP contribution in [0.2, 0.25) is 0 Å². The molecule has 5 aromatic rings.